The van der Waals surface area contributed by atoms with Crippen molar-refractivity contribution in [1.29, 1.82) is 0 Å². The Balaban J connectivity index is 2.12. The SMILES string of the molecule is CS(=O)(=O)c1ccc2c(c1)N=C1C=CC=CC1S2. The molecule has 0 amide bonds. The fourth-order valence-electron chi connectivity index (χ4n) is 1.90. The number of benzene rings is 1. The maximum absolute atomic E-state index is 11.5. The number of fused-ring (bicyclic) bond motifs is 2. The van der Waals surface area contributed by atoms with Gasteiger partial charge in [-0.05, 0) is 24.3 Å². The van der Waals surface area contributed by atoms with Gasteiger partial charge in [-0.25, -0.2) is 8.42 Å². The molecule has 2 aliphatic rings. The van der Waals surface area contributed by atoms with Gasteiger partial charge < -0.3 is 0 Å². The fourth-order valence-corrected chi connectivity index (χ4v) is 3.61. The second kappa shape index (κ2) is 4.10. The Morgan fingerprint density at radius 1 is 1.28 bits per heavy atom. The van der Waals surface area contributed by atoms with Gasteiger partial charge in [-0.15, -0.1) is 11.8 Å². The fraction of sp³-hybridized carbons (Fsp3) is 0.154. The van der Waals surface area contributed by atoms with Crippen molar-refractivity contribution in [2.24, 2.45) is 4.99 Å². The summed E-state index contributed by atoms with van der Waals surface area (Å²) >= 11 is 1.70. The third-order valence-electron chi connectivity index (χ3n) is 2.82. The summed E-state index contributed by atoms with van der Waals surface area (Å²) in [6.45, 7) is 0. The lowest BCUT2D eigenvalue weighted by Crippen LogP contribution is -2.16. The number of aliphatic imine (C=N–C) groups is 1. The van der Waals surface area contributed by atoms with E-state index in [0.29, 0.717) is 4.90 Å². The van der Waals surface area contributed by atoms with Crippen molar-refractivity contribution >= 4 is 33.0 Å². The standard InChI is InChI=1S/C13H11NO2S2/c1-18(15,16)9-6-7-13-11(8-9)14-10-4-2-3-5-12(10)17-13/h2-8,12H,1H3. The molecule has 92 valence electrons. The molecule has 3 nitrogen and oxygen atoms in total. The van der Waals surface area contributed by atoms with Gasteiger partial charge in [-0.1, -0.05) is 18.2 Å². The van der Waals surface area contributed by atoms with Gasteiger partial charge >= 0.3 is 0 Å². The van der Waals surface area contributed by atoms with Gasteiger partial charge in [-0.3, -0.25) is 4.99 Å². The highest BCUT2D eigenvalue weighted by Crippen LogP contribution is 2.40. The van der Waals surface area contributed by atoms with Crippen molar-refractivity contribution in [3.05, 3.63) is 42.5 Å². The summed E-state index contributed by atoms with van der Waals surface area (Å²) in [4.78, 5) is 5.88. The Hall–Kier alpha value is -1.33. The third kappa shape index (κ3) is 2.04. The second-order valence-corrected chi connectivity index (χ2v) is 7.42. The molecule has 0 bridgehead atoms. The molecule has 0 aromatic heterocycles. The highest BCUT2D eigenvalue weighted by Gasteiger charge is 2.22. The van der Waals surface area contributed by atoms with Gasteiger partial charge in [0, 0.05) is 11.2 Å². The van der Waals surface area contributed by atoms with E-state index < -0.39 is 9.84 Å². The number of rotatable bonds is 1. The molecule has 0 N–H and O–H groups in total. The second-order valence-electron chi connectivity index (χ2n) is 4.22. The number of hydrogen-bond donors (Lipinski definition) is 0. The maximum atomic E-state index is 11.5. The van der Waals surface area contributed by atoms with Crippen LogP contribution in [-0.2, 0) is 9.84 Å². The van der Waals surface area contributed by atoms with Crippen molar-refractivity contribution in [3.8, 4) is 0 Å². The van der Waals surface area contributed by atoms with E-state index in [4.69, 9.17) is 0 Å². The molecule has 1 unspecified atom stereocenters. The predicted octanol–water partition coefficient (Wildman–Crippen LogP) is 2.76. The highest BCUT2D eigenvalue weighted by atomic mass is 32.2. The first kappa shape index (κ1) is 11.7. The molecule has 0 spiro atoms. The molecule has 1 heterocycles. The molecule has 1 aromatic carbocycles. The number of nitrogens with zero attached hydrogens (tertiary/aromatic N) is 1. The molecule has 1 atom stereocenters. The molecule has 0 fully saturated rings. The van der Waals surface area contributed by atoms with Crippen molar-refractivity contribution in [1.82, 2.24) is 0 Å². The van der Waals surface area contributed by atoms with Gasteiger partial charge in [0.25, 0.3) is 0 Å². The lowest BCUT2D eigenvalue weighted by Gasteiger charge is -2.22. The van der Waals surface area contributed by atoms with Crippen LogP contribution in [0.1, 0.15) is 0 Å². The molecule has 1 aromatic rings. The maximum Gasteiger partial charge on any atom is 0.175 e. The smallest absolute Gasteiger partial charge is 0.175 e. The minimum atomic E-state index is -3.18. The molecule has 0 saturated heterocycles. The first-order chi connectivity index (χ1) is 8.54. The van der Waals surface area contributed by atoms with E-state index in [-0.39, 0.29) is 5.25 Å². The normalized spacial score (nSPS) is 21.2. The summed E-state index contributed by atoms with van der Waals surface area (Å²) in [5, 5.41) is 0.242. The van der Waals surface area contributed by atoms with Crippen molar-refractivity contribution in [3.63, 3.8) is 0 Å². The summed E-state index contributed by atoms with van der Waals surface area (Å²) in [6, 6.07) is 5.12. The van der Waals surface area contributed by atoms with Crippen molar-refractivity contribution < 1.29 is 8.42 Å². The van der Waals surface area contributed by atoms with Gasteiger partial charge in [0.05, 0.1) is 21.5 Å². The number of thioether (sulfide) groups is 1. The van der Waals surface area contributed by atoms with Crippen LogP contribution in [0, 0.1) is 0 Å². The minimum Gasteiger partial charge on any atom is -0.251 e. The summed E-state index contributed by atoms with van der Waals surface area (Å²) < 4.78 is 23.0. The molecule has 1 aliphatic heterocycles. The molecule has 3 rings (SSSR count). The van der Waals surface area contributed by atoms with E-state index in [1.807, 2.05) is 24.3 Å². The molecule has 5 heteroatoms. The van der Waals surface area contributed by atoms with E-state index in [9.17, 15) is 8.42 Å². The van der Waals surface area contributed by atoms with Gasteiger partial charge in [0.2, 0.25) is 0 Å². The van der Waals surface area contributed by atoms with E-state index in [1.54, 1.807) is 23.9 Å². The van der Waals surface area contributed by atoms with Crippen LogP contribution >= 0.6 is 11.8 Å². The highest BCUT2D eigenvalue weighted by molar-refractivity contribution is 8.01. The molecular formula is C13H11NO2S2. The van der Waals surface area contributed by atoms with E-state index in [1.165, 1.54) is 6.26 Å². The Labute approximate surface area is 110 Å². The zero-order valence-electron chi connectivity index (χ0n) is 9.70. The van der Waals surface area contributed by atoms with Crippen molar-refractivity contribution in [2.75, 3.05) is 6.26 Å². The van der Waals surface area contributed by atoms with Gasteiger partial charge in [-0.2, -0.15) is 0 Å². The lowest BCUT2D eigenvalue weighted by molar-refractivity contribution is 0.602. The Kier molecular flexibility index (Phi) is 2.68. The average molecular weight is 277 g/mol. The summed E-state index contributed by atoms with van der Waals surface area (Å²) in [5.74, 6) is 0. The van der Waals surface area contributed by atoms with Crippen LogP contribution in [0.3, 0.4) is 0 Å². The molecule has 1 aliphatic carbocycles. The quantitative estimate of drug-likeness (QED) is 0.793. The minimum absolute atomic E-state index is 0.242. The lowest BCUT2D eigenvalue weighted by atomic mass is 10.1. The van der Waals surface area contributed by atoms with Crippen LogP contribution in [0.2, 0.25) is 0 Å². The third-order valence-corrected chi connectivity index (χ3v) is 5.18. The molecule has 0 saturated carbocycles. The van der Waals surface area contributed by atoms with E-state index >= 15 is 0 Å². The molecule has 0 radical (unpaired) electrons. The monoisotopic (exact) mass is 277 g/mol. The van der Waals surface area contributed by atoms with Gasteiger partial charge in [0.15, 0.2) is 9.84 Å². The number of allylic oxidation sites excluding steroid dienone is 3. The van der Waals surface area contributed by atoms with Crippen LogP contribution in [-0.4, -0.2) is 25.6 Å². The van der Waals surface area contributed by atoms with E-state index in [2.05, 4.69) is 11.1 Å². The summed E-state index contributed by atoms with van der Waals surface area (Å²) in [6.07, 6.45) is 9.22. The van der Waals surface area contributed by atoms with Gasteiger partial charge in [0.1, 0.15) is 0 Å². The number of hydrogen-bond acceptors (Lipinski definition) is 4. The summed E-state index contributed by atoms with van der Waals surface area (Å²) in [7, 11) is -3.18. The Morgan fingerprint density at radius 3 is 2.89 bits per heavy atom. The summed E-state index contributed by atoms with van der Waals surface area (Å²) in [5.41, 5.74) is 1.72. The first-order valence-electron chi connectivity index (χ1n) is 5.48. The van der Waals surface area contributed by atoms with Crippen LogP contribution in [0.5, 0.6) is 0 Å². The average Bonchev–Trinajstić information content (AvgIpc) is 2.34. The van der Waals surface area contributed by atoms with Crippen LogP contribution in [0.4, 0.5) is 5.69 Å². The zero-order valence-corrected chi connectivity index (χ0v) is 11.3. The molecular weight excluding hydrogens is 266 g/mol. The Morgan fingerprint density at radius 2 is 2.11 bits per heavy atom. The number of sulfone groups is 1. The molecule has 18 heavy (non-hydrogen) atoms. The predicted molar refractivity (Wildman–Crippen MR) is 74.6 cm³/mol. The van der Waals surface area contributed by atoms with E-state index in [0.717, 1.165) is 16.3 Å². The largest absolute Gasteiger partial charge is 0.251 e. The van der Waals surface area contributed by atoms with Crippen LogP contribution < -0.4 is 0 Å². The zero-order chi connectivity index (χ0) is 12.8. The first-order valence-corrected chi connectivity index (χ1v) is 8.25. The van der Waals surface area contributed by atoms with Crippen LogP contribution in [0.15, 0.2) is 57.3 Å². The Bertz CT molecular complexity index is 700. The topological polar surface area (TPSA) is 46.5 Å². The van der Waals surface area contributed by atoms with Crippen molar-refractivity contribution in [2.45, 2.75) is 15.0 Å². The van der Waals surface area contributed by atoms with Crippen LogP contribution in [0.25, 0.3) is 0 Å².